The van der Waals surface area contributed by atoms with Crippen molar-refractivity contribution >= 4 is 68.9 Å². The molecule has 0 unspecified atom stereocenters. The van der Waals surface area contributed by atoms with Gasteiger partial charge in [-0.05, 0) is 193 Å². The Morgan fingerprint density at radius 2 is 1.32 bits per heavy atom. The molecule has 36 heteroatoms. The highest BCUT2D eigenvalue weighted by Crippen LogP contribution is 2.56. The van der Waals surface area contributed by atoms with Gasteiger partial charge < -0.3 is 118 Å². The van der Waals surface area contributed by atoms with E-state index < -0.39 is 195 Å². The van der Waals surface area contributed by atoms with Crippen LogP contribution in [0.1, 0.15) is 128 Å². The molecular weight excluding hydrogens is 1540 g/mol. The van der Waals surface area contributed by atoms with Gasteiger partial charge in [0.2, 0.25) is 65.1 Å². The van der Waals surface area contributed by atoms with Gasteiger partial charge in [-0.25, -0.2) is 13.1 Å². The number of fused-ring (bicyclic) bond motifs is 12. The van der Waals surface area contributed by atoms with Crippen LogP contribution in [0.5, 0.6) is 40.2 Å². The van der Waals surface area contributed by atoms with Crippen molar-refractivity contribution in [1.82, 2.24) is 47.3 Å². The first-order valence-electron chi connectivity index (χ1n) is 37.7. The minimum atomic E-state index is -4.89. The van der Waals surface area contributed by atoms with Crippen LogP contribution in [0.4, 0.5) is 0 Å². The fourth-order valence-corrected chi connectivity index (χ4v) is 18.3. The standard InChI is InChI=1S/C79H89ClN10O24S/c1-33(2)19-51(82-3)71(98)88-64-66(94)38-8-16-53(50(80)26-38)112-55-28-41-27-54(70(55)114-78-69(97)68(96)67(95)56(32-81)113-78)111-44-9-5-36(6-10-44)65(93)63-77(104)87-62(75(102)84-59-39-21-34-20-35(23-39)24-40(59)22-34)47-29-42(91)30-49-58(47)46-25-37(7-15-48(46)79(49,105)106)60(73(100)89-63)86-74(101)61(41)85-72(99)52(83-76(64)103)31-57(92)90-115(107,108)45-13-11-43(12-14-45)110-18-17-109-4/h5-16,25-30,33-35,39-40,51-52,56,59-69,78,82,91,93-97,105-106H,17-24,31-32,81H2,1-4H3,(H,83,103)(H,84,102)(H,85,99)(H,86,101)(H,87,104)(H,88,98)(H,89,100)(H,90,92)/t34?,35?,39?,40?,51-,52+,56-,59?,60-,61-,62+,63+,64-,65-,66-,67-,68+,69-,78+/m1/s1. The molecule has 15 bridgehead atoms. The third-order valence-electron chi connectivity index (χ3n) is 22.6. The quantitative estimate of drug-likeness (QED) is 0.0424. The number of sulfonamides is 1. The van der Waals surface area contributed by atoms with E-state index in [1.54, 1.807) is 0 Å². The van der Waals surface area contributed by atoms with Crippen LogP contribution in [0.15, 0.2) is 114 Å². The van der Waals surface area contributed by atoms with Crippen molar-refractivity contribution < 1.29 is 116 Å². The number of aromatic hydroxyl groups is 1. The Kier molecular flexibility index (Phi) is 23.3. The number of carbonyl (C=O) groups excluding carboxylic acids is 8. The molecule has 11 aliphatic rings. The minimum Gasteiger partial charge on any atom is -0.508 e. The van der Waals surface area contributed by atoms with Crippen molar-refractivity contribution in [3.63, 3.8) is 0 Å². The summed E-state index contributed by atoms with van der Waals surface area (Å²) in [4.78, 5) is 123. The van der Waals surface area contributed by atoms with Gasteiger partial charge in [-0.15, -0.1) is 0 Å². The number of nitrogens with two attached hydrogens (primary N) is 1. The fourth-order valence-electron chi connectivity index (χ4n) is 17.1. The molecule has 6 aromatic carbocycles. The average molecular weight is 1630 g/mol. The number of carbonyl (C=O) groups is 8. The second-order valence-electron chi connectivity index (χ2n) is 30.8. The molecular formula is C79H89ClN10O24S. The van der Waals surface area contributed by atoms with Gasteiger partial charge in [-0.2, -0.15) is 0 Å². The third kappa shape index (κ3) is 16.5. The first-order chi connectivity index (χ1) is 54.8. The molecule has 5 fully saturated rings. The molecule has 6 heterocycles. The summed E-state index contributed by atoms with van der Waals surface area (Å²) in [6, 6.07) is 6.96. The van der Waals surface area contributed by atoms with Crippen molar-refractivity contribution in [3.05, 3.63) is 153 Å². The van der Waals surface area contributed by atoms with Crippen molar-refractivity contribution in [2.45, 2.75) is 161 Å². The number of benzene rings is 6. The number of aliphatic hydroxyl groups is 7. The average Bonchev–Trinajstić information content (AvgIpc) is 1.59. The Labute approximate surface area is 663 Å². The lowest BCUT2D eigenvalue weighted by molar-refractivity contribution is -0.270. The van der Waals surface area contributed by atoms with Gasteiger partial charge in [0.15, 0.2) is 11.5 Å². The summed E-state index contributed by atoms with van der Waals surface area (Å²) in [5.74, 6) is -14.6. The van der Waals surface area contributed by atoms with E-state index in [1.807, 2.05) is 18.6 Å². The first-order valence-corrected chi connectivity index (χ1v) is 39.6. The van der Waals surface area contributed by atoms with E-state index in [0.717, 1.165) is 74.6 Å². The molecule has 6 aliphatic heterocycles. The topological polar surface area (TPSA) is 522 Å². The van der Waals surface area contributed by atoms with Crippen LogP contribution in [0.2, 0.25) is 5.02 Å². The molecule has 34 nitrogen and oxygen atoms in total. The van der Waals surface area contributed by atoms with E-state index in [2.05, 4.69) is 42.5 Å². The predicted octanol–water partition coefficient (Wildman–Crippen LogP) is 1.17. The van der Waals surface area contributed by atoms with E-state index in [-0.39, 0.29) is 110 Å². The number of phenols is 1. The molecule has 14 atom stereocenters. The number of rotatable bonds is 18. The number of nitrogens with one attached hydrogen (secondary N) is 9. The summed E-state index contributed by atoms with van der Waals surface area (Å²) in [6.07, 6.45) is -10.2. The third-order valence-corrected chi connectivity index (χ3v) is 24.3. The molecule has 0 spiro atoms. The van der Waals surface area contributed by atoms with E-state index in [4.69, 9.17) is 45.8 Å². The fraction of sp³-hybridized carbons (Fsp3) is 0.443. The molecule has 19 N–H and O–H groups in total. The number of amides is 8. The van der Waals surface area contributed by atoms with Crippen molar-refractivity contribution in [2.24, 2.45) is 35.3 Å². The zero-order chi connectivity index (χ0) is 82.0. The molecule has 612 valence electrons. The van der Waals surface area contributed by atoms with Crippen molar-refractivity contribution in [1.29, 1.82) is 0 Å². The number of aliphatic hydroxyl groups excluding tert-OH is 5. The molecule has 5 aliphatic carbocycles. The molecule has 4 saturated carbocycles. The number of likely N-dealkylation sites (N-methyl/N-ethyl adjacent to an activating group) is 1. The van der Waals surface area contributed by atoms with Gasteiger partial charge in [-0.1, -0.05) is 55.8 Å². The zero-order valence-corrected chi connectivity index (χ0v) is 64.1. The summed E-state index contributed by atoms with van der Waals surface area (Å²) in [5.41, 5.74) is 3.99. The van der Waals surface area contributed by atoms with Crippen LogP contribution < -0.4 is 71.9 Å². The van der Waals surface area contributed by atoms with Crippen LogP contribution in [0, 0.1) is 29.6 Å². The Morgan fingerprint density at radius 3 is 1.98 bits per heavy atom. The van der Waals surface area contributed by atoms with Gasteiger partial charge in [0, 0.05) is 30.8 Å². The highest BCUT2D eigenvalue weighted by Gasteiger charge is 2.52. The normalized spacial score (nSPS) is 28.8. The van der Waals surface area contributed by atoms with Crippen LogP contribution in [-0.4, -0.2) is 191 Å². The second-order valence-corrected chi connectivity index (χ2v) is 32.9. The lowest BCUT2D eigenvalue weighted by Crippen LogP contribution is -2.60. The number of hydrogen-bond donors (Lipinski definition) is 18. The molecule has 115 heavy (non-hydrogen) atoms. The highest BCUT2D eigenvalue weighted by molar-refractivity contribution is 7.90. The smallest absolute Gasteiger partial charge is 0.264 e. The maximum atomic E-state index is 16.4. The molecule has 17 rings (SSSR count). The highest BCUT2D eigenvalue weighted by atomic mass is 35.5. The maximum absolute atomic E-state index is 16.4. The van der Waals surface area contributed by atoms with Gasteiger partial charge in [0.25, 0.3) is 10.0 Å². The number of halogens is 1. The molecule has 0 radical (unpaired) electrons. The van der Waals surface area contributed by atoms with Gasteiger partial charge in [0.05, 0.1) is 29.0 Å². The molecule has 0 aromatic heterocycles. The number of hydrogen-bond acceptors (Lipinski definition) is 26. The van der Waals surface area contributed by atoms with E-state index >= 15 is 28.8 Å². The van der Waals surface area contributed by atoms with E-state index in [9.17, 15) is 58.9 Å². The molecule has 1 saturated heterocycles. The summed E-state index contributed by atoms with van der Waals surface area (Å²) in [5, 5.41) is 116. The first kappa shape index (κ1) is 81.4. The predicted molar refractivity (Wildman–Crippen MR) is 403 cm³/mol. The van der Waals surface area contributed by atoms with Crippen molar-refractivity contribution in [2.75, 3.05) is 33.9 Å². The summed E-state index contributed by atoms with van der Waals surface area (Å²) >= 11 is 7.10. The number of phenolic OH excluding ortho intramolecular Hbond substituents is 1. The lowest BCUT2D eigenvalue weighted by atomic mass is 9.54. The van der Waals surface area contributed by atoms with Gasteiger partial charge in [0.1, 0.15) is 102 Å². The molecule has 8 amide bonds. The molecule has 6 aromatic rings. The van der Waals surface area contributed by atoms with Gasteiger partial charge in [-0.3, -0.25) is 38.4 Å². The SMILES string of the molecule is CN[C@H](CC(C)C)C(=O)N[C@H]1C(=O)N[C@@H](CC(=O)NS(=O)(=O)c2ccc(OCCOC)cc2)C(=O)N[C@H]2C(=O)N[C@H]3C(=O)N[C@H](C(=O)N[C@H](C(=O)NC4C5CC6CC(C5)CC4C6)c4cc(O)cc5c4-c4cc3ccc4C5(O)O)[C@H](O)c3ccc(cc3)Oc3cc2cc(c3O[C@@H]2O[C@H](CN)[C@@H](O)[C@H](O)[C@H]2O)Oc2ccc(cc2Cl)[C@H]1O. The summed E-state index contributed by atoms with van der Waals surface area (Å²) in [6.45, 7) is 3.43. The monoisotopic (exact) mass is 1630 g/mol. The van der Waals surface area contributed by atoms with Crippen LogP contribution >= 0.6 is 11.6 Å². The lowest BCUT2D eigenvalue weighted by Gasteiger charge is -2.54. The van der Waals surface area contributed by atoms with Crippen LogP contribution in [0.3, 0.4) is 0 Å². The zero-order valence-electron chi connectivity index (χ0n) is 62.5. The van der Waals surface area contributed by atoms with Crippen molar-refractivity contribution in [3.8, 4) is 51.4 Å². The Balaban J connectivity index is 0.945. The number of ether oxygens (including phenoxy) is 6. The summed E-state index contributed by atoms with van der Waals surface area (Å²) < 4.78 is 66.4. The Morgan fingerprint density at radius 1 is 0.670 bits per heavy atom. The van der Waals surface area contributed by atoms with E-state index in [0.29, 0.717) is 11.8 Å². The minimum absolute atomic E-state index is 0.0845. The Hall–Kier alpha value is -10.1. The van der Waals surface area contributed by atoms with Gasteiger partial charge >= 0.3 is 0 Å². The second kappa shape index (κ2) is 32.9. The maximum Gasteiger partial charge on any atom is 0.264 e. The number of methoxy groups -OCH3 is 1. The largest absolute Gasteiger partial charge is 0.508 e. The van der Waals surface area contributed by atoms with Crippen LogP contribution in [-0.2, 0) is 63.6 Å². The van der Waals surface area contributed by atoms with Crippen LogP contribution in [0.25, 0.3) is 11.1 Å². The Bertz CT molecular complexity index is 4890. The summed E-state index contributed by atoms with van der Waals surface area (Å²) in [7, 11) is -1.98. The van der Waals surface area contributed by atoms with E-state index in [1.165, 1.54) is 80.9 Å².